The SMILES string of the molecule is CCC(C)Sc1ncc(Br)cc1[N+](=O)[O-]. The summed E-state index contributed by atoms with van der Waals surface area (Å²) >= 11 is 4.61. The Hall–Kier alpha value is -0.620. The summed E-state index contributed by atoms with van der Waals surface area (Å²) in [6.45, 7) is 4.07. The summed E-state index contributed by atoms with van der Waals surface area (Å²) in [5, 5.41) is 11.6. The van der Waals surface area contributed by atoms with Crippen LogP contribution in [0.25, 0.3) is 0 Å². The van der Waals surface area contributed by atoms with Gasteiger partial charge >= 0.3 is 5.69 Å². The predicted molar refractivity (Wildman–Crippen MR) is 64.2 cm³/mol. The highest BCUT2D eigenvalue weighted by atomic mass is 79.9. The molecule has 0 radical (unpaired) electrons. The highest BCUT2D eigenvalue weighted by Crippen LogP contribution is 2.32. The van der Waals surface area contributed by atoms with E-state index in [0.29, 0.717) is 14.7 Å². The van der Waals surface area contributed by atoms with Gasteiger partial charge in [-0.1, -0.05) is 25.6 Å². The van der Waals surface area contributed by atoms with E-state index in [4.69, 9.17) is 0 Å². The maximum Gasteiger partial charge on any atom is 0.302 e. The highest BCUT2D eigenvalue weighted by molar-refractivity contribution is 9.10. The third kappa shape index (κ3) is 3.46. The van der Waals surface area contributed by atoms with Gasteiger partial charge in [0, 0.05) is 22.0 Å². The van der Waals surface area contributed by atoms with Crippen molar-refractivity contribution in [3.63, 3.8) is 0 Å². The quantitative estimate of drug-likeness (QED) is 0.483. The fourth-order valence-electron chi connectivity index (χ4n) is 0.912. The Balaban J connectivity index is 3.01. The van der Waals surface area contributed by atoms with Gasteiger partial charge in [0.15, 0.2) is 5.03 Å². The molecule has 1 aromatic rings. The number of aromatic nitrogens is 1. The van der Waals surface area contributed by atoms with Gasteiger partial charge in [-0.15, -0.1) is 0 Å². The molecule has 1 unspecified atom stereocenters. The van der Waals surface area contributed by atoms with Gasteiger partial charge in [0.1, 0.15) is 0 Å². The fraction of sp³-hybridized carbons (Fsp3) is 0.444. The van der Waals surface area contributed by atoms with Crippen molar-refractivity contribution in [3.05, 3.63) is 26.9 Å². The monoisotopic (exact) mass is 290 g/mol. The lowest BCUT2D eigenvalue weighted by Crippen LogP contribution is -1.98. The maximum absolute atomic E-state index is 10.8. The molecule has 82 valence electrons. The van der Waals surface area contributed by atoms with E-state index in [1.807, 2.05) is 13.8 Å². The highest BCUT2D eigenvalue weighted by Gasteiger charge is 2.17. The van der Waals surface area contributed by atoms with Gasteiger partial charge in [0.05, 0.1) is 4.92 Å². The first-order chi connectivity index (χ1) is 7.04. The van der Waals surface area contributed by atoms with Gasteiger partial charge in [-0.25, -0.2) is 4.98 Å². The molecule has 0 aromatic carbocycles. The van der Waals surface area contributed by atoms with Crippen LogP contribution in [0.2, 0.25) is 0 Å². The standard InChI is InChI=1S/C9H11BrN2O2S/c1-3-6(2)15-9-8(12(13)14)4-7(10)5-11-9/h4-6H,3H2,1-2H3. The zero-order chi connectivity index (χ0) is 11.4. The Morgan fingerprint density at radius 1 is 1.73 bits per heavy atom. The zero-order valence-electron chi connectivity index (χ0n) is 8.44. The molecular formula is C9H11BrN2O2S. The van der Waals surface area contributed by atoms with Crippen LogP contribution in [0.5, 0.6) is 0 Å². The summed E-state index contributed by atoms with van der Waals surface area (Å²) in [6.07, 6.45) is 2.54. The lowest BCUT2D eigenvalue weighted by molar-refractivity contribution is -0.388. The van der Waals surface area contributed by atoms with Crippen molar-refractivity contribution in [2.24, 2.45) is 0 Å². The van der Waals surface area contributed by atoms with Gasteiger partial charge in [-0.05, 0) is 22.4 Å². The van der Waals surface area contributed by atoms with Crippen LogP contribution in [-0.4, -0.2) is 15.2 Å². The molecule has 1 heterocycles. The topological polar surface area (TPSA) is 56.0 Å². The summed E-state index contributed by atoms with van der Waals surface area (Å²) in [5.74, 6) is 0. The number of thioether (sulfide) groups is 1. The summed E-state index contributed by atoms with van der Waals surface area (Å²) in [6, 6.07) is 1.48. The van der Waals surface area contributed by atoms with Crippen molar-refractivity contribution < 1.29 is 4.92 Å². The molecule has 0 bridgehead atoms. The van der Waals surface area contributed by atoms with Crippen LogP contribution in [0.1, 0.15) is 20.3 Å². The van der Waals surface area contributed by atoms with Crippen LogP contribution in [0.3, 0.4) is 0 Å². The molecule has 0 fully saturated rings. The van der Waals surface area contributed by atoms with Crippen molar-refractivity contribution in [3.8, 4) is 0 Å². The average Bonchev–Trinajstić information content (AvgIpc) is 2.20. The number of hydrogen-bond acceptors (Lipinski definition) is 4. The second-order valence-electron chi connectivity index (χ2n) is 3.07. The summed E-state index contributed by atoms with van der Waals surface area (Å²) in [4.78, 5) is 14.4. The van der Waals surface area contributed by atoms with Crippen molar-refractivity contribution >= 4 is 33.4 Å². The van der Waals surface area contributed by atoms with Gasteiger partial charge in [-0.2, -0.15) is 0 Å². The summed E-state index contributed by atoms with van der Waals surface area (Å²) in [5.41, 5.74) is 0.0645. The average molecular weight is 291 g/mol. The fourth-order valence-corrected chi connectivity index (χ4v) is 2.15. The second-order valence-corrected chi connectivity index (χ2v) is 5.41. The third-order valence-corrected chi connectivity index (χ3v) is 3.59. The van der Waals surface area contributed by atoms with Crippen LogP contribution < -0.4 is 0 Å². The number of nitro groups is 1. The summed E-state index contributed by atoms with van der Waals surface area (Å²) < 4.78 is 0.628. The zero-order valence-corrected chi connectivity index (χ0v) is 10.8. The lowest BCUT2D eigenvalue weighted by atomic mass is 10.4. The van der Waals surface area contributed by atoms with E-state index in [0.717, 1.165) is 6.42 Å². The molecule has 0 saturated carbocycles. The lowest BCUT2D eigenvalue weighted by Gasteiger charge is -2.07. The molecule has 15 heavy (non-hydrogen) atoms. The Morgan fingerprint density at radius 2 is 2.40 bits per heavy atom. The van der Waals surface area contributed by atoms with E-state index < -0.39 is 4.92 Å². The van der Waals surface area contributed by atoms with Crippen LogP contribution in [0.15, 0.2) is 21.8 Å². The molecule has 1 rings (SSSR count). The Labute approximate surface area is 101 Å². The number of hydrogen-bond donors (Lipinski definition) is 0. The molecule has 6 heteroatoms. The predicted octanol–water partition coefficient (Wildman–Crippen LogP) is 3.64. The molecule has 0 aliphatic rings. The van der Waals surface area contributed by atoms with E-state index in [-0.39, 0.29) is 5.69 Å². The molecular weight excluding hydrogens is 280 g/mol. The molecule has 0 spiro atoms. The minimum absolute atomic E-state index is 0.0645. The first-order valence-electron chi connectivity index (χ1n) is 4.51. The number of halogens is 1. The smallest absolute Gasteiger partial charge is 0.258 e. The van der Waals surface area contributed by atoms with Crippen LogP contribution >= 0.6 is 27.7 Å². The van der Waals surface area contributed by atoms with Crippen molar-refractivity contribution in [1.29, 1.82) is 0 Å². The number of rotatable bonds is 4. The number of pyridine rings is 1. The Kier molecular flexibility index (Phi) is 4.53. The van der Waals surface area contributed by atoms with Gasteiger partial charge in [0.2, 0.25) is 0 Å². The summed E-state index contributed by atoms with van der Waals surface area (Å²) in [7, 11) is 0. The minimum atomic E-state index is -0.400. The second kappa shape index (κ2) is 5.46. The van der Waals surface area contributed by atoms with Crippen LogP contribution in [-0.2, 0) is 0 Å². The van der Waals surface area contributed by atoms with Gasteiger partial charge < -0.3 is 0 Å². The van der Waals surface area contributed by atoms with E-state index in [9.17, 15) is 10.1 Å². The van der Waals surface area contributed by atoms with Crippen molar-refractivity contribution in [2.45, 2.75) is 30.5 Å². The molecule has 4 nitrogen and oxygen atoms in total. The first-order valence-corrected chi connectivity index (χ1v) is 6.18. The van der Waals surface area contributed by atoms with Crippen molar-refractivity contribution in [2.75, 3.05) is 0 Å². The molecule has 1 aromatic heterocycles. The largest absolute Gasteiger partial charge is 0.302 e. The molecule has 0 saturated heterocycles. The van der Waals surface area contributed by atoms with E-state index in [1.54, 1.807) is 6.20 Å². The van der Waals surface area contributed by atoms with Crippen LogP contribution in [0.4, 0.5) is 5.69 Å². The maximum atomic E-state index is 10.8. The Morgan fingerprint density at radius 3 is 2.93 bits per heavy atom. The first kappa shape index (κ1) is 12.4. The van der Waals surface area contributed by atoms with Gasteiger partial charge in [0.25, 0.3) is 0 Å². The van der Waals surface area contributed by atoms with E-state index in [2.05, 4.69) is 20.9 Å². The third-order valence-electron chi connectivity index (χ3n) is 1.88. The molecule has 1 atom stereocenters. The normalized spacial score (nSPS) is 12.5. The minimum Gasteiger partial charge on any atom is -0.258 e. The van der Waals surface area contributed by atoms with Crippen molar-refractivity contribution in [1.82, 2.24) is 4.98 Å². The van der Waals surface area contributed by atoms with E-state index >= 15 is 0 Å². The Bertz CT molecular complexity index is 373. The number of nitrogens with zero attached hydrogens (tertiary/aromatic N) is 2. The molecule has 0 aliphatic carbocycles. The van der Waals surface area contributed by atoms with E-state index in [1.165, 1.54) is 17.8 Å². The van der Waals surface area contributed by atoms with Gasteiger partial charge in [-0.3, -0.25) is 10.1 Å². The molecule has 0 N–H and O–H groups in total. The van der Waals surface area contributed by atoms with Crippen LogP contribution in [0, 0.1) is 10.1 Å². The molecule has 0 amide bonds. The molecule has 0 aliphatic heterocycles.